The zero-order valence-electron chi connectivity index (χ0n) is 20.5. The van der Waals surface area contributed by atoms with Crippen LogP contribution in [0.15, 0.2) is 47.6 Å². The molecule has 0 saturated heterocycles. The van der Waals surface area contributed by atoms with Crippen molar-refractivity contribution in [1.82, 2.24) is 0 Å². The van der Waals surface area contributed by atoms with Gasteiger partial charge in [-0.05, 0) is 36.4 Å². The molecule has 0 aliphatic rings. The van der Waals surface area contributed by atoms with Gasteiger partial charge >= 0.3 is 25.1 Å². The highest BCUT2D eigenvalue weighted by atomic mass is 19.4. The van der Waals surface area contributed by atoms with Gasteiger partial charge in [0.25, 0.3) is 0 Å². The third kappa shape index (κ3) is 9.44. The minimum atomic E-state index is -5.41. The number of ether oxygens (including phenoxy) is 3. The molecule has 0 spiro atoms. The lowest BCUT2D eigenvalue weighted by Gasteiger charge is -2.22. The molecule has 2 aromatic carbocycles. The molecule has 40 heavy (non-hydrogen) atoms. The van der Waals surface area contributed by atoms with E-state index < -0.39 is 65.5 Å². The molecule has 0 aliphatic carbocycles. The van der Waals surface area contributed by atoms with Crippen LogP contribution in [0.2, 0.25) is 0 Å². The molecule has 0 aliphatic heterocycles. The van der Waals surface area contributed by atoms with E-state index >= 15 is 0 Å². The summed E-state index contributed by atoms with van der Waals surface area (Å²) in [5, 5.41) is 0. The number of alkyl halides is 8. The van der Waals surface area contributed by atoms with Crippen LogP contribution in [0.5, 0.6) is 5.75 Å². The van der Waals surface area contributed by atoms with Gasteiger partial charge in [0.2, 0.25) is 0 Å². The van der Waals surface area contributed by atoms with Gasteiger partial charge in [-0.2, -0.15) is 35.1 Å². The van der Waals surface area contributed by atoms with Crippen LogP contribution in [0, 0.1) is 5.82 Å². The minimum absolute atomic E-state index is 0.00326. The largest absolute Gasteiger partial charge is 0.420 e. The summed E-state index contributed by atoms with van der Waals surface area (Å²) in [6.07, 6.45) is -10.6. The lowest BCUT2D eigenvalue weighted by molar-refractivity contribution is -0.143. The fourth-order valence-electron chi connectivity index (χ4n) is 3.03. The van der Waals surface area contributed by atoms with Crippen LogP contribution in [0.25, 0.3) is 5.57 Å². The third-order valence-electron chi connectivity index (χ3n) is 4.96. The Kier molecular flexibility index (Phi) is 11.4. The number of carbonyl (C=O) groups is 1. The van der Waals surface area contributed by atoms with Crippen molar-refractivity contribution in [3.63, 3.8) is 0 Å². The molecule has 0 saturated carbocycles. The second kappa shape index (κ2) is 14.0. The van der Waals surface area contributed by atoms with Crippen molar-refractivity contribution in [3.8, 4) is 5.75 Å². The van der Waals surface area contributed by atoms with Crippen LogP contribution in [0.3, 0.4) is 0 Å². The first kappa shape index (κ1) is 32.4. The average molecular weight is 587 g/mol. The highest BCUT2D eigenvalue weighted by Crippen LogP contribution is 2.44. The molecule has 0 aromatic heterocycles. The van der Waals surface area contributed by atoms with E-state index in [1.807, 2.05) is 0 Å². The third-order valence-corrected chi connectivity index (χ3v) is 4.96. The molecule has 0 heterocycles. The van der Waals surface area contributed by atoms with Gasteiger partial charge < -0.3 is 19.9 Å². The number of allylic oxidation sites excluding steroid dienone is 1. The van der Waals surface area contributed by atoms with Crippen molar-refractivity contribution in [2.75, 3.05) is 38.3 Å². The van der Waals surface area contributed by atoms with Gasteiger partial charge in [0.05, 0.1) is 37.5 Å². The summed E-state index contributed by atoms with van der Waals surface area (Å²) in [5.41, 5.74) is 0.502. The molecule has 220 valence electrons. The van der Waals surface area contributed by atoms with Crippen molar-refractivity contribution in [1.29, 1.82) is 0 Å². The van der Waals surface area contributed by atoms with Gasteiger partial charge in [0.15, 0.2) is 5.75 Å². The Morgan fingerprint density at radius 2 is 1.68 bits per heavy atom. The monoisotopic (exact) mass is 587 g/mol. The summed E-state index contributed by atoms with van der Waals surface area (Å²) >= 11 is 0. The Labute approximate surface area is 221 Å². The van der Waals surface area contributed by atoms with Gasteiger partial charge in [-0.3, -0.25) is 9.89 Å². The highest BCUT2D eigenvalue weighted by Gasteiger charge is 2.41. The van der Waals surface area contributed by atoms with Gasteiger partial charge in [0, 0.05) is 36.3 Å². The zero-order valence-corrected chi connectivity index (χ0v) is 20.5. The molecule has 0 fully saturated rings. The Bertz CT molecular complexity index is 1200. The second-order valence-electron chi connectivity index (χ2n) is 7.70. The Morgan fingerprint density at radius 1 is 1.02 bits per heavy atom. The van der Waals surface area contributed by atoms with Crippen LogP contribution in [0.1, 0.15) is 16.7 Å². The Hall–Kier alpha value is -3.79. The maximum Gasteiger partial charge on any atom is 0.420 e. The van der Waals surface area contributed by atoms with Crippen LogP contribution in [-0.4, -0.2) is 52.3 Å². The lowest BCUT2D eigenvalue weighted by Crippen LogP contribution is -2.30. The molecule has 0 atom stereocenters. The summed E-state index contributed by atoms with van der Waals surface area (Å²) in [6.45, 7) is -4.02. The zero-order chi connectivity index (χ0) is 30.1. The minimum Gasteiger partial charge on any atom is -0.409 e. The molecule has 2 N–H and O–H groups in total. The van der Waals surface area contributed by atoms with Gasteiger partial charge in [0.1, 0.15) is 5.82 Å². The lowest BCUT2D eigenvalue weighted by atomic mass is 9.98. The molecule has 16 heteroatoms. The number of nitrogens with zero attached hydrogens (tertiary/aromatic N) is 2. The van der Waals surface area contributed by atoms with E-state index in [2.05, 4.69) is 9.73 Å². The molecule has 0 bridgehead atoms. The molecule has 2 aromatic rings. The predicted octanol–water partition coefficient (Wildman–Crippen LogP) is 6.12. The van der Waals surface area contributed by atoms with E-state index in [1.165, 1.54) is 0 Å². The first-order valence-corrected chi connectivity index (χ1v) is 11.1. The van der Waals surface area contributed by atoms with Crippen LogP contribution >= 0.6 is 0 Å². The van der Waals surface area contributed by atoms with E-state index in [-0.39, 0.29) is 31.5 Å². The first-order valence-electron chi connectivity index (χ1n) is 11.1. The Balaban J connectivity index is 2.44. The predicted molar refractivity (Wildman–Crippen MR) is 126 cm³/mol. The molecule has 1 amide bonds. The molecule has 2 rings (SSSR count). The number of anilines is 1. The normalized spacial score (nSPS) is 12.8. The summed E-state index contributed by atoms with van der Waals surface area (Å²) in [7, 11) is 1.08. The highest BCUT2D eigenvalue weighted by molar-refractivity contribution is 6.11. The smallest absolute Gasteiger partial charge is 0.409 e. The SMILES string of the molecule is CN(C(=O)Oc1c(C(C=NCCOCCOC(F)F)=CN)cc(C(F)(F)F)cc1C(F)(F)F)c1ccc(F)cc1. The second-order valence-corrected chi connectivity index (χ2v) is 7.70. The number of rotatable bonds is 11. The average Bonchev–Trinajstić information content (AvgIpc) is 2.86. The Morgan fingerprint density at radius 3 is 2.23 bits per heavy atom. The fraction of sp³-hybridized carbons (Fsp3) is 0.333. The van der Waals surface area contributed by atoms with Crippen molar-refractivity contribution in [3.05, 3.63) is 65.1 Å². The van der Waals surface area contributed by atoms with Gasteiger partial charge in [-0.1, -0.05) is 0 Å². The number of amides is 1. The molecular weight excluding hydrogens is 565 g/mol. The van der Waals surface area contributed by atoms with Crippen molar-refractivity contribution in [2.24, 2.45) is 10.7 Å². The van der Waals surface area contributed by atoms with Crippen LogP contribution < -0.4 is 15.4 Å². The quantitative estimate of drug-likeness (QED) is 0.194. The maximum atomic E-state index is 13.9. The van der Waals surface area contributed by atoms with Crippen molar-refractivity contribution < 1.29 is 58.5 Å². The summed E-state index contributed by atoms with van der Waals surface area (Å²) in [6, 6.07) is 4.25. The maximum absolute atomic E-state index is 13.9. The number of benzene rings is 2. The van der Waals surface area contributed by atoms with E-state index in [9.17, 15) is 44.3 Å². The topological polar surface area (TPSA) is 86.4 Å². The van der Waals surface area contributed by atoms with E-state index in [1.54, 1.807) is 0 Å². The number of hydrogen-bond acceptors (Lipinski definition) is 6. The van der Waals surface area contributed by atoms with E-state index in [0.29, 0.717) is 17.2 Å². The summed E-state index contributed by atoms with van der Waals surface area (Å²) < 4.78 is 133. The van der Waals surface area contributed by atoms with Crippen LogP contribution in [0.4, 0.5) is 50.0 Å². The fourth-order valence-corrected chi connectivity index (χ4v) is 3.03. The van der Waals surface area contributed by atoms with E-state index in [0.717, 1.165) is 37.5 Å². The summed E-state index contributed by atoms with van der Waals surface area (Å²) in [5.74, 6) is -1.96. The first-order chi connectivity index (χ1) is 18.6. The van der Waals surface area contributed by atoms with Crippen LogP contribution in [-0.2, 0) is 21.8 Å². The molecule has 0 unspecified atom stereocenters. The van der Waals surface area contributed by atoms with Crippen molar-refractivity contribution in [2.45, 2.75) is 19.0 Å². The van der Waals surface area contributed by atoms with Gasteiger partial charge in [-0.15, -0.1) is 0 Å². The van der Waals surface area contributed by atoms with Gasteiger partial charge in [-0.25, -0.2) is 9.18 Å². The molecule has 0 radical (unpaired) electrons. The number of carbonyl (C=O) groups excluding carboxylic acids is 1. The standard InChI is InChI=1S/C24H22F9N3O4/c1-36(17-4-2-16(25)3-5-17)22(37)40-20-18(10-15(23(28,29)30)11-19(20)24(31,32)33)14(12-34)13-35-6-7-38-8-9-39-21(26)27/h2-5,10-13,21H,6-9,34H2,1H3. The number of halogens is 9. The number of hydrogen-bond donors (Lipinski definition) is 1. The van der Waals surface area contributed by atoms with E-state index in [4.69, 9.17) is 15.2 Å². The molecular formula is C24H22F9N3O4. The summed E-state index contributed by atoms with van der Waals surface area (Å²) in [4.78, 5) is 17.2. The number of nitrogens with two attached hydrogens (primary N) is 1. The number of aliphatic imine (C=N–C) groups is 1. The van der Waals surface area contributed by atoms with Crippen molar-refractivity contribution >= 4 is 23.6 Å². The molecule has 7 nitrogen and oxygen atoms in total.